The third kappa shape index (κ3) is 4.97. The summed E-state index contributed by atoms with van der Waals surface area (Å²) in [7, 11) is 0. The molecule has 164 valence electrons. The average Bonchev–Trinajstić information content (AvgIpc) is 3.47. The second kappa shape index (κ2) is 8.43. The highest BCUT2D eigenvalue weighted by Gasteiger charge is 2.35. The molecule has 1 fully saturated rings. The zero-order chi connectivity index (χ0) is 22.2. The number of nitrogens with zero attached hydrogens (tertiary/aromatic N) is 1. The van der Waals surface area contributed by atoms with Crippen LogP contribution < -0.4 is 0 Å². The summed E-state index contributed by atoms with van der Waals surface area (Å²) in [6.45, 7) is 0.435. The standard InChI is InChI=1S/C23H20F5NO2/c24-19-9-5-14(11-20(19)25)21(30)13-29(15-6-7-15)12-16-8-10-22(31-16)17-3-1-2-4-18(17)23(26,27)28/h1-5,8-11,15,21,30H,6-7,12-13H2. The smallest absolute Gasteiger partial charge is 0.417 e. The molecule has 2 aromatic carbocycles. The molecule has 1 saturated carbocycles. The van der Waals surface area contributed by atoms with Crippen molar-refractivity contribution in [1.29, 1.82) is 0 Å². The van der Waals surface area contributed by atoms with Gasteiger partial charge in [0, 0.05) is 18.2 Å². The minimum atomic E-state index is -4.50. The van der Waals surface area contributed by atoms with Crippen LogP contribution in [0.4, 0.5) is 22.0 Å². The second-order valence-electron chi connectivity index (χ2n) is 7.66. The molecule has 0 radical (unpaired) electrons. The molecule has 1 aromatic heterocycles. The summed E-state index contributed by atoms with van der Waals surface area (Å²) in [5.41, 5.74) is -0.562. The number of aliphatic hydroxyl groups is 1. The van der Waals surface area contributed by atoms with Crippen LogP contribution in [0.1, 0.15) is 35.8 Å². The summed E-state index contributed by atoms with van der Waals surface area (Å²) in [5.74, 6) is -1.46. The van der Waals surface area contributed by atoms with Crippen LogP contribution in [-0.2, 0) is 12.7 Å². The summed E-state index contributed by atoms with van der Waals surface area (Å²) >= 11 is 0. The van der Waals surface area contributed by atoms with Gasteiger partial charge < -0.3 is 9.52 Å². The van der Waals surface area contributed by atoms with Gasteiger partial charge in [-0.15, -0.1) is 0 Å². The van der Waals surface area contributed by atoms with Gasteiger partial charge in [0.15, 0.2) is 11.6 Å². The highest BCUT2D eigenvalue weighted by Crippen LogP contribution is 2.38. The first-order valence-electron chi connectivity index (χ1n) is 9.85. The quantitative estimate of drug-likeness (QED) is 0.465. The van der Waals surface area contributed by atoms with E-state index in [2.05, 4.69) is 0 Å². The maximum Gasteiger partial charge on any atom is 0.417 e. The van der Waals surface area contributed by atoms with Crippen molar-refractivity contribution in [1.82, 2.24) is 4.90 Å². The predicted molar refractivity (Wildman–Crippen MR) is 104 cm³/mol. The van der Waals surface area contributed by atoms with E-state index in [4.69, 9.17) is 4.42 Å². The summed E-state index contributed by atoms with van der Waals surface area (Å²) in [6.07, 6.45) is -3.72. The molecule has 3 aromatic rings. The van der Waals surface area contributed by atoms with E-state index < -0.39 is 29.5 Å². The van der Waals surface area contributed by atoms with Crippen molar-refractivity contribution in [2.75, 3.05) is 6.54 Å². The van der Waals surface area contributed by atoms with Crippen molar-refractivity contribution in [2.24, 2.45) is 0 Å². The first-order valence-corrected chi connectivity index (χ1v) is 9.85. The monoisotopic (exact) mass is 437 g/mol. The first-order chi connectivity index (χ1) is 14.7. The second-order valence-corrected chi connectivity index (χ2v) is 7.66. The Bertz CT molecular complexity index is 1060. The zero-order valence-electron chi connectivity index (χ0n) is 16.4. The Kier molecular flexibility index (Phi) is 5.85. The largest absolute Gasteiger partial charge is 0.460 e. The number of aliphatic hydroxyl groups excluding tert-OH is 1. The Labute approximate surface area is 175 Å². The van der Waals surface area contributed by atoms with E-state index in [9.17, 15) is 27.1 Å². The molecule has 0 saturated heterocycles. The van der Waals surface area contributed by atoms with Crippen LogP contribution in [0.2, 0.25) is 0 Å². The van der Waals surface area contributed by atoms with Crippen molar-refractivity contribution in [3.05, 3.63) is 83.1 Å². The molecule has 1 atom stereocenters. The molecule has 4 rings (SSSR count). The molecular weight excluding hydrogens is 417 g/mol. The molecule has 1 unspecified atom stereocenters. The highest BCUT2D eigenvalue weighted by atomic mass is 19.4. The van der Waals surface area contributed by atoms with E-state index in [1.165, 1.54) is 30.3 Å². The summed E-state index contributed by atoms with van der Waals surface area (Å²) < 4.78 is 72.2. The van der Waals surface area contributed by atoms with Crippen LogP contribution in [-0.4, -0.2) is 22.6 Å². The minimum absolute atomic E-state index is 0.0407. The van der Waals surface area contributed by atoms with E-state index in [1.54, 1.807) is 6.07 Å². The molecule has 1 heterocycles. The molecule has 0 aliphatic heterocycles. The van der Waals surface area contributed by atoms with Crippen molar-refractivity contribution >= 4 is 0 Å². The van der Waals surface area contributed by atoms with E-state index >= 15 is 0 Å². The van der Waals surface area contributed by atoms with Gasteiger partial charge in [0.05, 0.1) is 18.2 Å². The van der Waals surface area contributed by atoms with E-state index in [1.807, 2.05) is 4.90 Å². The Morgan fingerprint density at radius 3 is 2.42 bits per heavy atom. The summed E-state index contributed by atoms with van der Waals surface area (Å²) in [4.78, 5) is 1.93. The first kappa shape index (κ1) is 21.5. The van der Waals surface area contributed by atoms with Crippen LogP contribution in [0.15, 0.2) is 59.0 Å². The topological polar surface area (TPSA) is 36.6 Å². The molecule has 0 bridgehead atoms. The zero-order valence-corrected chi connectivity index (χ0v) is 16.4. The Balaban J connectivity index is 1.51. The number of rotatable bonds is 7. The van der Waals surface area contributed by atoms with Gasteiger partial charge in [-0.25, -0.2) is 8.78 Å². The van der Waals surface area contributed by atoms with Gasteiger partial charge in [0.2, 0.25) is 0 Å². The molecule has 8 heteroatoms. The lowest BCUT2D eigenvalue weighted by Crippen LogP contribution is -2.30. The van der Waals surface area contributed by atoms with Crippen molar-refractivity contribution in [2.45, 2.75) is 37.7 Å². The van der Waals surface area contributed by atoms with Crippen molar-refractivity contribution in [3.8, 4) is 11.3 Å². The fourth-order valence-electron chi connectivity index (χ4n) is 3.58. The third-order valence-electron chi connectivity index (χ3n) is 5.32. The number of hydrogen-bond donors (Lipinski definition) is 1. The predicted octanol–water partition coefficient (Wildman–Crippen LogP) is 5.94. The maximum atomic E-state index is 13.5. The van der Waals surface area contributed by atoms with Gasteiger partial charge in [0.25, 0.3) is 0 Å². The van der Waals surface area contributed by atoms with Crippen LogP contribution in [0.3, 0.4) is 0 Å². The van der Waals surface area contributed by atoms with Gasteiger partial charge in [0.1, 0.15) is 11.5 Å². The minimum Gasteiger partial charge on any atom is -0.460 e. The molecule has 1 N–H and O–H groups in total. The van der Waals surface area contributed by atoms with Crippen LogP contribution in [0.25, 0.3) is 11.3 Å². The normalized spacial score (nSPS) is 15.5. The number of benzene rings is 2. The van der Waals surface area contributed by atoms with Gasteiger partial charge in [-0.1, -0.05) is 24.3 Å². The molecule has 3 nitrogen and oxygen atoms in total. The lowest BCUT2D eigenvalue weighted by atomic mass is 10.1. The number of alkyl halides is 3. The van der Waals surface area contributed by atoms with Crippen LogP contribution >= 0.6 is 0 Å². The lowest BCUT2D eigenvalue weighted by Gasteiger charge is -2.24. The summed E-state index contributed by atoms with van der Waals surface area (Å²) in [6, 6.07) is 11.8. The van der Waals surface area contributed by atoms with Crippen LogP contribution in [0, 0.1) is 11.6 Å². The van der Waals surface area contributed by atoms with Gasteiger partial charge >= 0.3 is 6.18 Å². The SMILES string of the molecule is OC(CN(Cc1ccc(-c2ccccc2C(F)(F)F)o1)C1CC1)c1ccc(F)c(F)c1. The number of furan rings is 1. The maximum absolute atomic E-state index is 13.5. The highest BCUT2D eigenvalue weighted by molar-refractivity contribution is 5.63. The Hall–Kier alpha value is -2.71. The third-order valence-corrected chi connectivity index (χ3v) is 5.32. The molecule has 0 amide bonds. The molecule has 1 aliphatic carbocycles. The van der Waals surface area contributed by atoms with Gasteiger partial charge in [-0.2, -0.15) is 13.2 Å². The van der Waals surface area contributed by atoms with E-state index in [0.717, 1.165) is 31.0 Å². The Morgan fingerprint density at radius 2 is 1.74 bits per heavy atom. The Morgan fingerprint density at radius 1 is 1.00 bits per heavy atom. The lowest BCUT2D eigenvalue weighted by molar-refractivity contribution is -0.137. The van der Waals surface area contributed by atoms with E-state index in [0.29, 0.717) is 5.76 Å². The molecule has 0 spiro atoms. The van der Waals surface area contributed by atoms with Gasteiger partial charge in [-0.3, -0.25) is 4.90 Å². The van der Waals surface area contributed by atoms with Crippen molar-refractivity contribution in [3.63, 3.8) is 0 Å². The van der Waals surface area contributed by atoms with Gasteiger partial charge in [-0.05, 0) is 48.7 Å². The van der Waals surface area contributed by atoms with Crippen LogP contribution in [0.5, 0.6) is 0 Å². The molecule has 1 aliphatic rings. The summed E-state index contributed by atoms with van der Waals surface area (Å²) in [5, 5.41) is 10.5. The number of halogens is 5. The van der Waals surface area contributed by atoms with E-state index in [-0.39, 0.29) is 36.0 Å². The average molecular weight is 437 g/mol. The van der Waals surface area contributed by atoms with Crippen molar-refractivity contribution < 1.29 is 31.5 Å². The fraction of sp³-hybridized carbons (Fsp3) is 0.304. The number of hydrogen-bond acceptors (Lipinski definition) is 3. The molecule has 31 heavy (non-hydrogen) atoms. The fourth-order valence-corrected chi connectivity index (χ4v) is 3.58. The molecular formula is C23H20F5NO2.